The van der Waals surface area contributed by atoms with Crippen LogP contribution in [-0.2, 0) is 30.8 Å². The number of hydrogen-bond acceptors (Lipinski definition) is 9. The summed E-state index contributed by atoms with van der Waals surface area (Å²) in [7, 11) is -4.00. The van der Waals surface area contributed by atoms with Crippen molar-refractivity contribution in [2.24, 2.45) is 11.8 Å². The number of carbonyl (C=O) groups excluding carboxylic acids is 3. The second kappa shape index (κ2) is 14.3. The Bertz CT molecular complexity index is 2080. The maximum atomic E-state index is 15.3. The number of benzene rings is 1. The Labute approximate surface area is 328 Å². The van der Waals surface area contributed by atoms with E-state index < -0.39 is 73.6 Å². The van der Waals surface area contributed by atoms with Gasteiger partial charge in [-0.3, -0.25) is 24.0 Å². The maximum absolute atomic E-state index is 15.3. The number of para-hydroxylation sites is 1. The number of rotatable bonds is 5. The van der Waals surface area contributed by atoms with Gasteiger partial charge in [0.2, 0.25) is 21.8 Å². The number of fused-ring (bicyclic) bond motifs is 5. The lowest BCUT2D eigenvalue weighted by molar-refractivity contribution is -0.144. The van der Waals surface area contributed by atoms with Gasteiger partial charge >= 0.3 is 6.09 Å². The van der Waals surface area contributed by atoms with E-state index in [9.17, 15) is 27.9 Å². The lowest BCUT2D eigenvalue weighted by Gasteiger charge is -2.40. The maximum Gasteiger partial charge on any atom is 0.408 e. The molecule has 6 atom stereocenters. The molecule has 0 bridgehead atoms. The van der Waals surface area contributed by atoms with Crippen LogP contribution in [0.25, 0.3) is 10.9 Å². The van der Waals surface area contributed by atoms with Crippen LogP contribution in [0.2, 0.25) is 0 Å². The Kier molecular flexibility index (Phi) is 9.86. The number of nitrogens with one attached hydrogen (secondary N) is 3. The highest BCUT2D eigenvalue weighted by molar-refractivity contribution is 7.91. The van der Waals surface area contributed by atoms with E-state index in [1.165, 1.54) is 9.80 Å². The third kappa shape index (κ3) is 6.61. The van der Waals surface area contributed by atoms with E-state index in [2.05, 4.69) is 15.4 Å². The minimum absolute atomic E-state index is 0.0300. The summed E-state index contributed by atoms with van der Waals surface area (Å²) in [5.41, 5.74) is 0.00663. The van der Waals surface area contributed by atoms with Crippen LogP contribution < -0.4 is 20.1 Å². The zero-order chi connectivity index (χ0) is 39.6. The molecule has 2 saturated heterocycles. The molecule has 4 fully saturated rings. The highest BCUT2D eigenvalue weighted by Gasteiger charge is 2.65. The van der Waals surface area contributed by atoms with Crippen LogP contribution in [0.15, 0.2) is 36.4 Å². The van der Waals surface area contributed by atoms with Crippen molar-refractivity contribution in [3.8, 4) is 5.75 Å². The topological polar surface area (TPSA) is 187 Å². The van der Waals surface area contributed by atoms with Gasteiger partial charge < -0.3 is 25.4 Å². The first-order chi connectivity index (χ1) is 26.7. The van der Waals surface area contributed by atoms with Crippen LogP contribution in [0.5, 0.6) is 5.75 Å². The van der Waals surface area contributed by atoms with Crippen molar-refractivity contribution in [1.29, 1.82) is 0 Å². The van der Waals surface area contributed by atoms with Crippen LogP contribution in [0.3, 0.4) is 0 Å². The molecule has 4 N–H and O–H groups in total. The summed E-state index contributed by atoms with van der Waals surface area (Å²) in [6.45, 7) is 6.67. The number of carbonyl (C=O) groups is 4. The number of sulfonamides is 1. The largest absolute Gasteiger partial charge is 0.483 e. The van der Waals surface area contributed by atoms with Crippen molar-refractivity contribution in [2.75, 3.05) is 19.6 Å². The molecule has 6 aliphatic rings. The van der Waals surface area contributed by atoms with Gasteiger partial charge in [-0.15, -0.1) is 0 Å². The van der Waals surface area contributed by atoms with E-state index in [1.54, 1.807) is 6.92 Å². The fourth-order valence-corrected chi connectivity index (χ4v) is 11.1. The third-order valence-electron chi connectivity index (χ3n) is 13.7. The second-order valence-corrected chi connectivity index (χ2v) is 19.5. The Hall–Kier alpha value is -4.24. The molecule has 14 nitrogen and oxygen atoms in total. The number of aryl methyl sites for hydroxylation is 2. The van der Waals surface area contributed by atoms with Gasteiger partial charge in [0, 0.05) is 28.8 Å². The SMILES string of the molecule is Cc1nc2ccccc2c2c1O[C@@]1(CC2)CN2C(=O)[C@@H](N(C(=O)O)C3CCNCC3)CCCCC/C=C\[C@@H]3C[C@@]3(C(=O)NS(=O)(=O)C3(C)CC3)NC(=O)[C@@H]2C1C. The summed E-state index contributed by atoms with van der Waals surface area (Å²) in [4.78, 5) is 65.1. The van der Waals surface area contributed by atoms with Gasteiger partial charge in [-0.05, 0) is 97.2 Å². The molecule has 1 aromatic heterocycles. The molecule has 5 heterocycles. The van der Waals surface area contributed by atoms with Crippen molar-refractivity contribution in [3.63, 3.8) is 0 Å². The average molecular weight is 791 g/mol. The van der Waals surface area contributed by atoms with Crippen molar-refractivity contribution >= 4 is 44.7 Å². The van der Waals surface area contributed by atoms with Crippen LogP contribution in [0, 0.1) is 18.8 Å². The molecule has 2 aromatic rings. The Morgan fingerprint density at radius 2 is 1.82 bits per heavy atom. The minimum Gasteiger partial charge on any atom is -0.483 e. The lowest BCUT2D eigenvalue weighted by Crippen LogP contribution is -2.61. The second-order valence-electron chi connectivity index (χ2n) is 17.3. The summed E-state index contributed by atoms with van der Waals surface area (Å²) in [6.07, 6.45) is 9.12. The number of allylic oxidation sites excluding steroid dienone is 1. The van der Waals surface area contributed by atoms with Crippen LogP contribution >= 0.6 is 0 Å². The molecule has 2 aliphatic carbocycles. The quantitative estimate of drug-likeness (QED) is 0.323. The standard InChI is InChI=1S/C41H54N6O8S/c1-25-33-35(48)44-41(37(50)45-56(53,54)39(3)19-20-39)23-27(41)11-7-5-4-6-8-14-32(47(38(51)52)28-16-21-42-22-17-28)36(49)46(33)24-40(25)18-15-30-29-12-9-10-13-31(29)43-26(2)34(30)55-40/h7,9-13,25,27-28,32-33,42H,4-6,8,14-24H2,1-3H3,(H,44,48)(H,45,50)(H,51,52)/b11-7-/t25?,27-,32+,33+,40+,41-/m1/s1. The molecule has 4 amide bonds. The normalized spacial score (nSPS) is 32.4. The predicted molar refractivity (Wildman–Crippen MR) is 208 cm³/mol. The zero-order valence-electron chi connectivity index (χ0n) is 32.5. The van der Waals surface area contributed by atoms with Crippen molar-refractivity contribution < 1.29 is 37.4 Å². The van der Waals surface area contributed by atoms with Crippen LogP contribution in [0.4, 0.5) is 4.79 Å². The van der Waals surface area contributed by atoms with Crippen molar-refractivity contribution in [2.45, 2.75) is 132 Å². The van der Waals surface area contributed by atoms with E-state index in [1.807, 2.05) is 50.3 Å². The van der Waals surface area contributed by atoms with Gasteiger partial charge in [0.1, 0.15) is 29.0 Å². The first-order valence-electron chi connectivity index (χ1n) is 20.4. The molecule has 1 aromatic carbocycles. The third-order valence-corrected chi connectivity index (χ3v) is 15.9. The summed E-state index contributed by atoms with van der Waals surface area (Å²) in [6, 6.07) is 5.33. The Morgan fingerprint density at radius 1 is 1.07 bits per heavy atom. The molecule has 1 unspecified atom stereocenters. The molecule has 56 heavy (non-hydrogen) atoms. The fraction of sp³-hybridized carbons (Fsp3) is 0.634. The summed E-state index contributed by atoms with van der Waals surface area (Å²) in [5, 5.41) is 18.0. The molecule has 1 spiro atoms. The van der Waals surface area contributed by atoms with Crippen LogP contribution in [-0.4, -0.2) is 106 Å². The van der Waals surface area contributed by atoms with E-state index >= 15 is 4.79 Å². The highest BCUT2D eigenvalue weighted by atomic mass is 32.2. The summed E-state index contributed by atoms with van der Waals surface area (Å²) in [5.74, 6) is -2.25. The molecule has 8 rings (SSSR count). The summed E-state index contributed by atoms with van der Waals surface area (Å²) >= 11 is 0. The smallest absolute Gasteiger partial charge is 0.408 e. The lowest BCUT2D eigenvalue weighted by atomic mass is 9.80. The number of aromatic nitrogens is 1. The number of ether oxygens (including phenoxy) is 1. The zero-order valence-corrected chi connectivity index (χ0v) is 33.3. The average Bonchev–Trinajstić information content (AvgIpc) is 4.07. The van der Waals surface area contributed by atoms with Gasteiger partial charge in [0.25, 0.3) is 5.91 Å². The van der Waals surface area contributed by atoms with Crippen LogP contribution in [0.1, 0.15) is 95.7 Å². The van der Waals surface area contributed by atoms with Gasteiger partial charge in [0.15, 0.2) is 0 Å². The van der Waals surface area contributed by atoms with E-state index in [0.717, 1.165) is 29.3 Å². The van der Waals surface area contributed by atoms with Gasteiger partial charge in [-0.1, -0.05) is 50.1 Å². The molecule has 4 aliphatic heterocycles. The molecule has 302 valence electrons. The van der Waals surface area contributed by atoms with E-state index in [-0.39, 0.29) is 19.0 Å². The number of piperidine rings is 1. The number of amides is 4. The number of pyridine rings is 1. The number of nitrogens with zero attached hydrogens (tertiary/aromatic N) is 3. The predicted octanol–water partition coefficient (Wildman–Crippen LogP) is 3.95. The fourth-order valence-electron chi connectivity index (χ4n) is 9.77. The number of carboxylic acid groups (broad SMARTS) is 1. The highest BCUT2D eigenvalue weighted by Crippen LogP contribution is 2.50. The Balaban J connectivity index is 1.19. The summed E-state index contributed by atoms with van der Waals surface area (Å²) < 4.78 is 34.9. The van der Waals surface area contributed by atoms with E-state index in [4.69, 9.17) is 9.72 Å². The van der Waals surface area contributed by atoms with Crippen molar-refractivity contribution in [3.05, 3.63) is 47.7 Å². The van der Waals surface area contributed by atoms with Gasteiger partial charge in [0.05, 0.1) is 22.5 Å². The molecular formula is C41H54N6O8S. The van der Waals surface area contributed by atoms with Crippen molar-refractivity contribution in [1.82, 2.24) is 30.1 Å². The monoisotopic (exact) mass is 790 g/mol. The Morgan fingerprint density at radius 3 is 2.55 bits per heavy atom. The first-order valence-corrected chi connectivity index (χ1v) is 21.8. The molecule has 2 saturated carbocycles. The van der Waals surface area contributed by atoms with Gasteiger partial charge in [-0.25, -0.2) is 18.2 Å². The van der Waals surface area contributed by atoms with E-state index in [0.29, 0.717) is 82.3 Å². The minimum atomic E-state index is -4.00. The first kappa shape index (κ1) is 38.6. The van der Waals surface area contributed by atoms with Gasteiger partial charge in [-0.2, -0.15) is 0 Å². The molecule has 0 radical (unpaired) electrons. The molecule has 15 heteroatoms. The molecular weight excluding hydrogens is 737 g/mol. The number of hydrogen-bond donors (Lipinski definition) is 4.